The molecule has 19 heavy (non-hydrogen) atoms. The van der Waals surface area contributed by atoms with Gasteiger partial charge in [0, 0.05) is 25.4 Å². The van der Waals surface area contributed by atoms with Crippen LogP contribution in [0.3, 0.4) is 0 Å². The van der Waals surface area contributed by atoms with Gasteiger partial charge < -0.3 is 10.5 Å². The molecule has 0 radical (unpaired) electrons. The zero-order valence-electron chi connectivity index (χ0n) is 11.3. The summed E-state index contributed by atoms with van der Waals surface area (Å²) >= 11 is 0. The lowest BCUT2D eigenvalue weighted by Crippen LogP contribution is -2.25. The van der Waals surface area contributed by atoms with Gasteiger partial charge in [0.15, 0.2) is 0 Å². The fraction of sp³-hybridized carbons (Fsp3) is 0.538. The molecule has 0 amide bonds. The molecule has 0 fully saturated rings. The van der Waals surface area contributed by atoms with Crippen molar-refractivity contribution in [3.8, 4) is 0 Å². The van der Waals surface area contributed by atoms with E-state index in [1.807, 2.05) is 0 Å². The maximum absolute atomic E-state index is 11.9. The summed E-state index contributed by atoms with van der Waals surface area (Å²) in [5, 5.41) is 0. The largest absolute Gasteiger partial charge is 0.399 e. The van der Waals surface area contributed by atoms with Gasteiger partial charge in [-0.3, -0.25) is 0 Å². The molecule has 0 aliphatic heterocycles. The molecule has 0 aliphatic carbocycles. The molecule has 0 saturated heterocycles. The van der Waals surface area contributed by atoms with Crippen LogP contribution in [0.15, 0.2) is 29.2 Å². The number of hydrogen-bond acceptors (Lipinski definition) is 4. The topological polar surface area (TPSA) is 81.4 Å². The summed E-state index contributed by atoms with van der Waals surface area (Å²) in [6, 6.07) is 6.24. The minimum Gasteiger partial charge on any atom is -0.399 e. The second kappa shape index (κ2) is 8.14. The van der Waals surface area contributed by atoms with Gasteiger partial charge in [0.05, 0.1) is 4.90 Å². The summed E-state index contributed by atoms with van der Waals surface area (Å²) in [5.41, 5.74) is 6.00. The van der Waals surface area contributed by atoms with E-state index < -0.39 is 10.0 Å². The number of ether oxygens (including phenoxy) is 1. The summed E-state index contributed by atoms with van der Waals surface area (Å²) in [5.74, 6) is 0. The Labute approximate surface area is 115 Å². The number of anilines is 1. The number of nitrogens with two attached hydrogens (primary N) is 1. The third kappa shape index (κ3) is 6.04. The Morgan fingerprint density at radius 2 is 2.00 bits per heavy atom. The number of benzene rings is 1. The number of nitrogens with one attached hydrogen (secondary N) is 1. The fourth-order valence-electron chi connectivity index (χ4n) is 1.49. The van der Waals surface area contributed by atoms with Gasteiger partial charge in [0.1, 0.15) is 0 Å². The van der Waals surface area contributed by atoms with Crippen LogP contribution in [0.5, 0.6) is 0 Å². The lowest BCUT2D eigenvalue weighted by atomic mass is 10.3. The zero-order valence-corrected chi connectivity index (χ0v) is 12.1. The molecule has 0 aromatic heterocycles. The van der Waals surface area contributed by atoms with Gasteiger partial charge in [-0.15, -0.1) is 0 Å². The molecule has 1 aromatic carbocycles. The third-order valence-corrected chi connectivity index (χ3v) is 4.03. The van der Waals surface area contributed by atoms with E-state index in [-0.39, 0.29) is 4.90 Å². The molecule has 1 rings (SSSR count). The predicted octanol–water partition coefficient (Wildman–Crippen LogP) is 1.75. The van der Waals surface area contributed by atoms with Crippen LogP contribution in [0.1, 0.15) is 26.2 Å². The number of unbranched alkanes of at least 4 members (excludes halogenated alkanes) is 1. The van der Waals surface area contributed by atoms with Crippen molar-refractivity contribution in [3.63, 3.8) is 0 Å². The highest BCUT2D eigenvalue weighted by atomic mass is 32.2. The molecule has 0 aliphatic rings. The Balaban J connectivity index is 2.32. The van der Waals surface area contributed by atoms with Gasteiger partial charge in [-0.25, -0.2) is 13.1 Å². The summed E-state index contributed by atoms with van der Waals surface area (Å²) < 4.78 is 31.7. The number of hydrogen-bond donors (Lipinski definition) is 2. The van der Waals surface area contributed by atoms with Crippen molar-refractivity contribution in [2.24, 2.45) is 0 Å². The number of sulfonamides is 1. The van der Waals surface area contributed by atoms with E-state index in [9.17, 15) is 8.42 Å². The van der Waals surface area contributed by atoms with Crippen molar-refractivity contribution < 1.29 is 13.2 Å². The zero-order chi connectivity index (χ0) is 14.1. The van der Waals surface area contributed by atoms with Crippen LogP contribution in [0.4, 0.5) is 5.69 Å². The molecule has 6 heteroatoms. The monoisotopic (exact) mass is 286 g/mol. The van der Waals surface area contributed by atoms with E-state index in [1.54, 1.807) is 12.1 Å². The first-order valence-corrected chi connectivity index (χ1v) is 7.97. The highest BCUT2D eigenvalue weighted by molar-refractivity contribution is 7.89. The SMILES string of the molecule is CCCCOCCCNS(=O)(=O)c1cccc(N)c1. The van der Waals surface area contributed by atoms with E-state index in [4.69, 9.17) is 10.5 Å². The standard InChI is InChI=1S/C13H22N2O3S/c1-2-3-9-18-10-5-8-15-19(16,17)13-7-4-6-12(14)11-13/h4,6-7,11,15H,2-3,5,8-10,14H2,1H3. The van der Waals surface area contributed by atoms with Crippen LogP contribution in [-0.2, 0) is 14.8 Å². The molecule has 0 bridgehead atoms. The van der Waals surface area contributed by atoms with Crippen molar-refractivity contribution in [1.82, 2.24) is 4.72 Å². The molecular weight excluding hydrogens is 264 g/mol. The molecule has 5 nitrogen and oxygen atoms in total. The second-order valence-electron chi connectivity index (χ2n) is 4.29. The van der Waals surface area contributed by atoms with Gasteiger partial charge >= 0.3 is 0 Å². The van der Waals surface area contributed by atoms with Gasteiger partial charge in [0.25, 0.3) is 0 Å². The van der Waals surface area contributed by atoms with Crippen molar-refractivity contribution in [2.45, 2.75) is 31.1 Å². The first-order chi connectivity index (χ1) is 9.06. The molecule has 0 saturated carbocycles. The third-order valence-electron chi connectivity index (χ3n) is 2.57. The van der Waals surface area contributed by atoms with Crippen LogP contribution in [0.2, 0.25) is 0 Å². The Morgan fingerprint density at radius 3 is 2.68 bits per heavy atom. The average Bonchev–Trinajstić information content (AvgIpc) is 2.38. The molecule has 108 valence electrons. The minimum atomic E-state index is -3.47. The average molecular weight is 286 g/mol. The maximum Gasteiger partial charge on any atom is 0.240 e. The summed E-state index contributed by atoms with van der Waals surface area (Å²) in [6.45, 7) is 3.77. The van der Waals surface area contributed by atoms with Crippen LogP contribution in [-0.4, -0.2) is 28.2 Å². The van der Waals surface area contributed by atoms with E-state index >= 15 is 0 Å². The Bertz CT molecular complexity index is 475. The van der Waals surface area contributed by atoms with Crippen molar-refractivity contribution >= 4 is 15.7 Å². The lowest BCUT2D eigenvalue weighted by molar-refractivity contribution is 0.130. The highest BCUT2D eigenvalue weighted by Gasteiger charge is 2.12. The van der Waals surface area contributed by atoms with E-state index in [1.165, 1.54) is 12.1 Å². The summed E-state index contributed by atoms with van der Waals surface area (Å²) in [6.07, 6.45) is 2.79. The highest BCUT2D eigenvalue weighted by Crippen LogP contribution is 2.12. The first-order valence-electron chi connectivity index (χ1n) is 6.49. The van der Waals surface area contributed by atoms with Crippen LogP contribution >= 0.6 is 0 Å². The first kappa shape index (κ1) is 15.9. The molecule has 0 spiro atoms. The van der Waals surface area contributed by atoms with Gasteiger partial charge in [-0.2, -0.15) is 0 Å². The van der Waals surface area contributed by atoms with Crippen molar-refractivity contribution in [2.75, 3.05) is 25.5 Å². The van der Waals surface area contributed by atoms with Crippen LogP contribution in [0.25, 0.3) is 0 Å². The van der Waals surface area contributed by atoms with Gasteiger partial charge in [-0.05, 0) is 31.0 Å². The van der Waals surface area contributed by atoms with Crippen molar-refractivity contribution in [1.29, 1.82) is 0 Å². The second-order valence-corrected chi connectivity index (χ2v) is 6.06. The lowest BCUT2D eigenvalue weighted by Gasteiger charge is -2.07. The smallest absolute Gasteiger partial charge is 0.240 e. The van der Waals surface area contributed by atoms with Crippen LogP contribution < -0.4 is 10.5 Å². The molecule has 0 heterocycles. The van der Waals surface area contributed by atoms with E-state index in [0.29, 0.717) is 25.3 Å². The molecule has 0 atom stereocenters. The molecule has 1 aromatic rings. The number of rotatable bonds is 9. The van der Waals surface area contributed by atoms with E-state index in [2.05, 4.69) is 11.6 Å². The van der Waals surface area contributed by atoms with Crippen molar-refractivity contribution in [3.05, 3.63) is 24.3 Å². The molecular formula is C13H22N2O3S. The quantitative estimate of drug-likeness (QED) is 0.535. The fourth-order valence-corrected chi connectivity index (χ4v) is 2.62. The summed E-state index contributed by atoms with van der Waals surface area (Å²) in [4.78, 5) is 0.194. The van der Waals surface area contributed by atoms with Gasteiger partial charge in [-0.1, -0.05) is 19.4 Å². The summed E-state index contributed by atoms with van der Waals surface area (Å²) in [7, 11) is -3.47. The minimum absolute atomic E-state index is 0.194. The Morgan fingerprint density at radius 1 is 1.26 bits per heavy atom. The Hall–Kier alpha value is -1.11. The van der Waals surface area contributed by atoms with E-state index in [0.717, 1.165) is 19.4 Å². The maximum atomic E-state index is 11.9. The normalized spacial score (nSPS) is 11.6. The number of nitrogen functional groups attached to an aromatic ring is 1. The van der Waals surface area contributed by atoms with Crippen LogP contribution in [0, 0.1) is 0 Å². The Kier molecular flexibility index (Phi) is 6.83. The van der Waals surface area contributed by atoms with Gasteiger partial charge in [0.2, 0.25) is 10.0 Å². The molecule has 0 unspecified atom stereocenters. The predicted molar refractivity (Wildman–Crippen MR) is 76.4 cm³/mol. The molecule has 3 N–H and O–H groups in total.